The first-order valence-electron chi connectivity index (χ1n) is 4.24. The maximum atomic E-state index is 12.8. The Morgan fingerprint density at radius 3 is 2.93 bits per heavy atom. The molecule has 0 saturated carbocycles. The molecule has 0 bridgehead atoms. The highest BCUT2D eigenvalue weighted by molar-refractivity contribution is 9.12. The lowest BCUT2D eigenvalue weighted by Gasteiger charge is -2.13. The summed E-state index contributed by atoms with van der Waals surface area (Å²) in [6.45, 7) is 0.346. The average Bonchev–Trinajstić information content (AvgIpc) is 2.18. The minimum absolute atomic E-state index is 0.306. The molecule has 0 heterocycles. The van der Waals surface area contributed by atoms with Crippen molar-refractivity contribution in [2.75, 3.05) is 7.05 Å². The molecule has 0 unspecified atom stereocenters. The van der Waals surface area contributed by atoms with Gasteiger partial charge in [-0.25, -0.2) is 4.39 Å². The van der Waals surface area contributed by atoms with E-state index in [2.05, 4.69) is 26.7 Å². The summed E-state index contributed by atoms with van der Waals surface area (Å²) in [5, 5.41) is 0. The highest BCUT2D eigenvalue weighted by Gasteiger charge is 2.06. The van der Waals surface area contributed by atoms with Gasteiger partial charge >= 0.3 is 0 Å². The fourth-order valence-electron chi connectivity index (χ4n) is 1.12. The van der Waals surface area contributed by atoms with Crippen molar-refractivity contribution in [3.05, 3.63) is 35.6 Å². The Hall–Kier alpha value is -1.34. The van der Waals surface area contributed by atoms with Gasteiger partial charge in [-0.1, -0.05) is 12.1 Å². The molecule has 1 rings (SSSR count). The molecule has 0 fully saturated rings. The molecule has 0 saturated heterocycles. The van der Waals surface area contributed by atoms with Gasteiger partial charge in [-0.05, 0) is 22.5 Å². The van der Waals surface area contributed by atoms with Crippen LogP contribution in [0.1, 0.15) is 5.56 Å². The maximum Gasteiger partial charge on any atom is 0.299 e. The second-order valence-corrected chi connectivity index (χ2v) is 3.41. The largest absolute Gasteiger partial charge is 0.331 e. The Kier molecular flexibility index (Phi) is 4.32. The quantitative estimate of drug-likeness (QED) is 0.754. The Morgan fingerprint density at radius 2 is 2.33 bits per heavy atom. The molecule has 1 amide bonds. The first-order valence-corrected chi connectivity index (χ1v) is 5.04. The summed E-state index contributed by atoms with van der Waals surface area (Å²) < 4.78 is 12.8. The van der Waals surface area contributed by atoms with Crippen LogP contribution in [-0.2, 0) is 11.3 Å². The number of halogens is 2. The first kappa shape index (κ1) is 11.7. The zero-order valence-corrected chi connectivity index (χ0v) is 9.71. The van der Waals surface area contributed by atoms with Crippen LogP contribution in [0.3, 0.4) is 0 Å². The fourth-order valence-corrected chi connectivity index (χ4v) is 1.29. The number of rotatable bonds is 2. The van der Waals surface area contributed by atoms with Crippen molar-refractivity contribution in [3.8, 4) is 10.8 Å². The molecule has 0 spiro atoms. The second kappa shape index (κ2) is 5.52. The number of nitrogens with zero attached hydrogens (tertiary/aromatic N) is 1. The number of benzene rings is 1. The lowest BCUT2D eigenvalue weighted by molar-refractivity contribution is -0.124. The van der Waals surface area contributed by atoms with Crippen molar-refractivity contribution in [2.45, 2.75) is 6.54 Å². The molecule has 0 aromatic heterocycles. The summed E-state index contributed by atoms with van der Waals surface area (Å²) in [6, 6.07) is 6.13. The van der Waals surface area contributed by atoms with Crippen molar-refractivity contribution < 1.29 is 9.18 Å². The van der Waals surface area contributed by atoms with E-state index in [4.69, 9.17) is 0 Å². The molecule has 78 valence electrons. The summed E-state index contributed by atoms with van der Waals surface area (Å²) in [4.78, 5) is 15.0. The van der Waals surface area contributed by atoms with Gasteiger partial charge in [0.2, 0.25) is 0 Å². The first-order chi connectivity index (χ1) is 7.13. The van der Waals surface area contributed by atoms with Crippen LogP contribution in [0, 0.1) is 16.6 Å². The maximum absolute atomic E-state index is 12.8. The third-order valence-corrected chi connectivity index (χ3v) is 2.01. The van der Waals surface area contributed by atoms with Gasteiger partial charge in [0.15, 0.2) is 0 Å². The number of amides is 1. The molecule has 0 radical (unpaired) electrons. The predicted octanol–water partition coefficient (Wildman–Crippen LogP) is 2.14. The van der Waals surface area contributed by atoms with Crippen LogP contribution in [0.15, 0.2) is 24.3 Å². The molecule has 15 heavy (non-hydrogen) atoms. The van der Waals surface area contributed by atoms with Gasteiger partial charge in [0.25, 0.3) is 5.91 Å². The minimum atomic E-state index is -0.309. The van der Waals surface area contributed by atoms with Gasteiger partial charge in [0, 0.05) is 35.4 Å². The van der Waals surface area contributed by atoms with E-state index < -0.39 is 0 Å². The monoisotopic (exact) mass is 269 g/mol. The fraction of sp³-hybridized carbons (Fsp3) is 0.182. The van der Waals surface area contributed by atoms with Crippen molar-refractivity contribution in [1.29, 1.82) is 0 Å². The molecule has 0 aliphatic carbocycles. The van der Waals surface area contributed by atoms with Gasteiger partial charge in [-0.15, -0.1) is 0 Å². The minimum Gasteiger partial charge on any atom is -0.331 e. The standard InChI is InChI=1S/C11H9BrFNO/c1-14(11(15)5-6-12)8-9-3-2-4-10(13)7-9/h2-4,7H,8H2,1H3. The zero-order valence-electron chi connectivity index (χ0n) is 8.13. The molecule has 1 aromatic rings. The Labute approximate surface area is 96.2 Å². The SMILES string of the molecule is CN(Cc1cccc(F)c1)C(=O)C#CBr. The van der Waals surface area contributed by atoms with Gasteiger partial charge in [-0.3, -0.25) is 4.79 Å². The molecule has 0 aliphatic heterocycles. The molecule has 4 heteroatoms. The highest BCUT2D eigenvalue weighted by atomic mass is 79.9. The van der Waals surface area contributed by atoms with Crippen LogP contribution in [-0.4, -0.2) is 17.9 Å². The van der Waals surface area contributed by atoms with Crippen LogP contribution in [0.4, 0.5) is 4.39 Å². The van der Waals surface area contributed by atoms with E-state index in [-0.39, 0.29) is 11.7 Å². The van der Waals surface area contributed by atoms with Crippen LogP contribution < -0.4 is 0 Å². The van der Waals surface area contributed by atoms with E-state index in [1.54, 1.807) is 19.2 Å². The van der Waals surface area contributed by atoms with E-state index in [1.165, 1.54) is 17.0 Å². The van der Waals surface area contributed by atoms with E-state index in [0.29, 0.717) is 6.54 Å². The number of hydrogen-bond donors (Lipinski definition) is 0. The Balaban J connectivity index is 2.68. The smallest absolute Gasteiger partial charge is 0.299 e. The molecule has 2 nitrogen and oxygen atoms in total. The molecule has 0 atom stereocenters. The summed E-state index contributed by atoms with van der Waals surface area (Å²) in [7, 11) is 1.62. The lowest BCUT2D eigenvalue weighted by atomic mass is 10.2. The Morgan fingerprint density at radius 1 is 1.60 bits per heavy atom. The molecule has 0 aliphatic rings. The van der Waals surface area contributed by atoms with E-state index in [9.17, 15) is 9.18 Å². The molecule has 0 N–H and O–H groups in total. The number of carbonyl (C=O) groups excluding carboxylic acids is 1. The summed E-state index contributed by atoms with van der Waals surface area (Å²) in [5.41, 5.74) is 0.738. The van der Waals surface area contributed by atoms with Gasteiger partial charge in [-0.2, -0.15) is 0 Å². The second-order valence-electron chi connectivity index (χ2n) is 3.01. The van der Waals surface area contributed by atoms with Crippen LogP contribution >= 0.6 is 15.9 Å². The average molecular weight is 270 g/mol. The van der Waals surface area contributed by atoms with Crippen molar-refractivity contribution in [1.82, 2.24) is 4.90 Å². The molecular weight excluding hydrogens is 261 g/mol. The predicted molar refractivity (Wildman–Crippen MR) is 59.6 cm³/mol. The summed E-state index contributed by atoms with van der Waals surface area (Å²) in [5.74, 6) is 1.73. The van der Waals surface area contributed by atoms with Crippen molar-refractivity contribution in [2.24, 2.45) is 0 Å². The number of carbonyl (C=O) groups is 1. The summed E-state index contributed by atoms with van der Waals surface area (Å²) in [6.07, 6.45) is 0. The van der Waals surface area contributed by atoms with E-state index in [0.717, 1.165) is 5.56 Å². The van der Waals surface area contributed by atoms with Gasteiger partial charge in [0.1, 0.15) is 5.82 Å². The highest BCUT2D eigenvalue weighted by Crippen LogP contribution is 2.06. The summed E-state index contributed by atoms with van der Waals surface area (Å²) >= 11 is 2.85. The lowest BCUT2D eigenvalue weighted by Crippen LogP contribution is -2.24. The van der Waals surface area contributed by atoms with Gasteiger partial charge < -0.3 is 4.90 Å². The van der Waals surface area contributed by atoms with E-state index in [1.807, 2.05) is 0 Å². The third kappa shape index (κ3) is 3.72. The topological polar surface area (TPSA) is 20.3 Å². The van der Waals surface area contributed by atoms with E-state index >= 15 is 0 Å². The third-order valence-electron chi connectivity index (χ3n) is 1.81. The van der Waals surface area contributed by atoms with Crippen LogP contribution in [0.25, 0.3) is 0 Å². The zero-order chi connectivity index (χ0) is 11.3. The van der Waals surface area contributed by atoms with Crippen LogP contribution in [0.2, 0.25) is 0 Å². The van der Waals surface area contributed by atoms with Crippen molar-refractivity contribution >= 4 is 21.8 Å². The number of hydrogen-bond acceptors (Lipinski definition) is 1. The molecular formula is C11H9BrFNO. The molecule has 1 aromatic carbocycles. The Bertz CT molecular complexity index is 422. The van der Waals surface area contributed by atoms with Crippen LogP contribution in [0.5, 0.6) is 0 Å². The van der Waals surface area contributed by atoms with Gasteiger partial charge in [0.05, 0.1) is 0 Å². The van der Waals surface area contributed by atoms with Crippen molar-refractivity contribution in [3.63, 3.8) is 0 Å². The normalized spacial score (nSPS) is 9.00.